The summed E-state index contributed by atoms with van der Waals surface area (Å²) in [6.07, 6.45) is 1.12. The first-order chi connectivity index (χ1) is 9.63. The van der Waals surface area contributed by atoms with Gasteiger partial charge in [0.15, 0.2) is 0 Å². The molecule has 1 fully saturated rings. The number of hydrogen-bond donors (Lipinski definition) is 2. The third-order valence-corrected chi connectivity index (χ3v) is 4.09. The number of halogens is 1. The maximum absolute atomic E-state index is 11.9. The molecule has 1 unspecified atom stereocenters. The molecule has 2 rings (SSSR count). The number of piperazine rings is 1. The van der Waals surface area contributed by atoms with Crippen molar-refractivity contribution in [1.82, 2.24) is 10.6 Å². The van der Waals surface area contributed by atoms with Crippen molar-refractivity contribution in [2.75, 3.05) is 24.5 Å². The first kappa shape index (κ1) is 15.3. The molecule has 0 aromatic heterocycles. The van der Waals surface area contributed by atoms with Crippen LogP contribution in [0, 0.1) is 0 Å². The van der Waals surface area contributed by atoms with Crippen LogP contribution in [0.5, 0.6) is 0 Å². The van der Waals surface area contributed by atoms with Crippen LogP contribution in [0.1, 0.15) is 25.8 Å². The molecular weight excluding hydrogens is 318 g/mol. The average molecular weight is 340 g/mol. The van der Waals surface area contributed by atoms with E-state index in [1.807, 2.05) is 6.92 Å². The van der Waals surface area contributed by atoms with Gasteiger partial charge in [-0.3, -0.25) is 4.79 Å². The Morgan fingerprint density at radius 2 is 2.30 bits per heavy atom. The summed E-state index contributed by atoms with van der Waals surface area (Å²) in [6.45, 7) is 7.51. The number of nitrogens with zero attached hydrogens (tertiary/aromatic N) is 1. The van der Waals surface area contributed by atoms with Crippen molar-refractivity contribution in [3.05, 3.63) is 28.2 Å². The number of nitrogens with one attached hydrogen (secondary N) is 2. The van der Waals surface area contributed by atoms with Gasteiger partial charge < -0.3 is 15.5 Å². The lowest BCUT2D eigenvalue weighted by atomic mass is 10.1. The van der Waals surface area contributed by atoms with E-state index in [2.05, 4.69) is 56.6 Å². The fourth-order valence-electron chi connectivity index (χ4n) is 2.47. The molecule has 0 aliphatic carbocycles. The van der Waals surface area contributed by atoms with Crippen molar-refractivity contribution in [3.63, 3.8) is 0 Å². The van der Waals surface area contributed by atoms with Gasteiger partial charge in [-0.05, 0) is 37.6 Å². The van der Waals surface area contributed by atoms with Gasteiger partial charge in [0.25, 0.3) is 0 Å². The van der Waals surface area contributed by atoms with Gasteiger partial charge in [0.2, 0.25) is 5.91 Å². The van der Waals surface area contributed by atoms with Crippen molar-refractivity contribution in [1.29, 1.82) is 0 Å². The van der Waals surface area contributed by atoms with Crippen LogP contribution in [0.25, 0.3) is 0 Å². The molecule has 1 atom stereocenters. The molecule has 1 heterocycles. The van der Waals surface area contributed by atoms with E-state index in [-0.39, 0.29) is 11.9 Å². The Labute approximate surface area is 129 Å². The predicted molar refractivity (Wildman–Crippen MR) is 86.0 cm³/mol. The van der Waals surface area contributed by atoms with E-state index in [0.29, 0.717) is 6.54 Å². The van der Waals surface area contributed by atoms with E-state index >= 15 is 0 Å². The number of carbonyl (C=O) groups is 1. The molecule has 20 heavy (non-hydrogen) atoms. The van der Waals surface area contributed by atoms with Crippen molar-refractivity contribution in [2.24, 2.45) is 0 Å². The summed E-state index contributed by atoms with van der Waals surface area (Å²) in [7, 11) is 0. The Morgan fingerprint density at radius 3 is 3.05 bits per heavy atom. The zero-order chi connectivity index (χ0) is 14.5. The number of carbonyl (C=O) groups excluding carboxylic acids is 1. The summed E-state index contributed by atoms with van der Waals surface area (Å²) in [5.41, 5.74) is 2.38. The molecule has 0 saturated carbocycles. The Balaban J connectivity index is 2.23. The van der Waals surface area contributed by atoms with Gasteiger partial charge in [-0.1, -0.05) is 28.9 Å². The quantitative estimate of drug-likeness (QED) is 0.809. The summed E-state index contributed by atoms with van der Waals surface area (Å²) < 4.78 is 1.05. The number of hydrogen-bond acceptors (Lipinski definition) is 3. The van der Waals surface area contributed by atoms with Gasteiger partial charge in [0.05, 0.1) is 0 Å². The highest BCUT2D eigenvalue weighted by molar-refractivity contribution is 9.10. The predicted octanol–water partition coefficient (Wildman–Crippen LogP) is 2.27. The van der Waals surface area contributed by atoms with Gasteiger partial charge in [0, 0.05) is 29.8 Å². The van der Waals surface area contributed by atoms with Crippen LogP contribution in [-0.2, 0) is 11.3 Å². The van der Waals surface area contributed by atoms with E-state index in [0.717, 1.165) is 36.2 Å². The smallest absolute Gasteiger partial charge is 0.242 e. The lowest BCUT2D eigenvalue weighted by Gasteiger charge is -2.36. The van der Waals surface area contributed by atoms with Crippen LogP contribution in [0.3, 0.4) is 0 Å². The summed E-state index contributed by atoms with van der Waals surface area (Å²) in [4.78, 5) is 14.0. The molecule has 2 N–H and O–H groups in total. The summed E-state index contributed by atoms with van der Waals surface area (Å²) in [5.74, 6) is 0.101. The summed E-state index contributed by atoms with van der Waals surface area (Å²) >= 11 is 3.53. The first-order valence-corrected chi connectivity index (χ1v) is 7.96. The fourth-order valence-corrected chi connectivity index (χ4v) is 2.81. The minimum Gasteiger partial charge on any atom is -0.358 e. The average Bonchev–Trinajstić information content (AvgIpc) is 2.44. The van der Waals surface area contributed by atoms with Crippen LogP contribution in [0.2, 0.25) is 0 Å². The molecule has 1 aliphatic heterocycles. The van der Waals surface area contributed by atoms with Gasteiger partial charge in [-0.15, -0.1) is 0 Å². The molecule has 110 valence electrons. The fraction of sp³-hybridized carbons (Fsp3) is 0.533. The van der Waals surface area contributed by atoms with E-state index in [1.165, 1.54) is 5.56 Å². The van der Waals surface area contributed by atoms with Crippen LogP contribution in [-0.4, -0.2) is 31.6 Å². The topological polar surface area (TPSA) is 44.4 Å². The van der Waals surface area contributed by atoms with E-state index < -0.39 is 0 Å². The van der Waals surface area contributed by atoms with Crippen LogP contribution in [0.4, 0.5) is 5.69 Å². The van der Waals surface area contributed by atoms with Crippen molar-refractivity contribution < 1.29 is 4.79 Å². The SMILES string of the molecule is CCCNCc1ccc(Br)cc1N1CCNC(=O)C1C. The summed E-state index contributed by atoms with van der Waals surface area (Å²) in [5, 5.41) is 6.34. The van der Waals surface area contributed by atoms with Crippen molar-refractivity contribution >= 4 is 27.5 Å². The van der Waals surface area contributed by atoms with Gasteiger partial charge in [-0.2, -0.15) is 0 Å². The van der Waals surface area contributed by atoms with Crippen molar-refractivity contribution in [3.8, 4) is 0 Å². The highest BCUT2D eigenvalue weighted by atomic mass is 79.9. The molecule has 1 aliphatic rings. The monoisotopic (exact) mass is 339 g/mol. The Hall–Kier alpha value is -1.07. The first-order valence-electron chi connectivity index (χ1n) is 7.17. The second-order valence-corrected chi connectivity index (χ2v) is 6.03. The molecule has 1 aromatic carbocycles. The number of benzene rings is 1. The lowest BCUT2D eigenvalue weighted by molar-refractivity contribution is -0.122. The zero-order valence-electron chi connectivity index (χ0n) is 12.1. The highest BCUT2D eigenvalue weighted by Gasteiger charge is 2.27. The molecule has 1 amide bonds. The van der Waals surface area contributed by atoms with Gasteiger partial charge >= 0.3 is 0 Å². The second-order valence-electron chi connectivity index (χ2n) is 5.11. The Kier molecular flexibility index (Phi) is 5.43. The molecule has 0 radical (unpaired) electrons. The zero-order valence-corrected chi connectivity index (χ0v) is 13.7. The number of anilines is 1. The largest absolute Gasteiger partial charge is 0.358 e. The van der Waals surface area contributed by atoms with Crippen molar-refractivity contribution in [2.45, 2.75) is 32.9 Å². The third kappa shape index (κ3) is 3.52. The van der Waals surface area contributed by atoms with Gasteiger partial charge in [0.1, 0.15) is 6.04 Å². The lowest BCUT2D eigenvalue weighted by Crippen LogP contribution is -2.54. The molecule has 5 heteroatoms. The number of rotatable bonds is 5. The van der Waals surface area contributed by atoms with E-state index in [1.54, 1.807) is 0 Å². The molecule has 0 spiro atoms. The summed E-state index contributed by atoms with van der Waals surface area (Å²) in [6, 6.07) is 6.17. The van der Waals surface area contributed by atoms with E-state index in [9.17, 15) is 4.79 Å². The normalized spacial score (nSPS) is 19.1. The molecule has 4 nitrogen and oxygen atoms in total. The Bertz CT molecular complexity index is 478. The van der Waals surface area contributed by atoms with Crippen LogP contribution >= 0.6 is 15.9 Å². The molecule has 1 aromatic rings. The van der Waals surface area contributed by atoms with Crippen LogP contribution in [0.15, 0.2) is 22.7 Å². The third-order valence-electron chi connectivity index (χ3n) is 3.60. The molecular formula is C15H22BrN3O. The van der Waals surface area contributed by atoms with E-state index in [4.69, 9.17) is 0 Å². The standard InChI is InChI=1S/C15H22BrN3O/c1-3-6-17-10-12-4-5-13(16)9-14(12)19-8-7-18-15(20)11(19)2/h4-5,9,11,17H,3,6-8,10H2,1-2H3,(H,18,20). The molecule has 0 bridgehead atoms. The maximum atomic E-state index is 11.9. The highest BCUT2D eigenvalue weighted by Crippen LogP contribution is 2.27. The molecule has 1 saturated heterocycles. The minimum atomic E-state index is -0.122. The minimum absolute atomic E-state index is 0.101. The second kappa shape index (κ2) is 7.09. The Morgan fingerprint density at radius 1 is 1.50 bits per heavy atom. The number of amides is 1. The van der Waals surface area contributed by atoms with Gasteiger partial charge in [-0.25, -0.2) is 0 Å². The maximum Gasteiger partial charge on any atom is 0.242 e. The van der Waals surface area contributed by atoms with Crippen LogP contribution < -0.4 is 15.5 Å².